The fourth-order valence-corrected chi connectivity index (χ4v) is 2.19. The molecule has 6 nitrogen and oxygen atoms in total. The minimum absolute atomic E-state index is 0.261. The summed E-state index contributed by atoms with van der Waals surface area (Å²) in [5.41, 5.74) is 1.88. The molecule has 0 unspecified atom stereocenters. The Kier molecular flexibility index (Phi) is 3.74. The molecular formula is C16H15N3O3. The van der Waals surface area contributed by atoms with E-state index in [0.29, 0.717) is 17.0 Å². The third kappa shape index (κ3) is 2.50. The van der Waals surface area contributed by atoms with Gasteiger partial charge in [0.1, 0.15) is 17.9 Å². The van der Waals surface area contributed by atoms with E-state index >= 15 is 0 Å². The second-order valence-electron chi connectivity index (χ2n) is 4.78. The van der Waals surface area contributed by atoms with Crippen LogP contribution >= 0.6 is 0 Å². The number of aromatic nitrogens is 3. The van der Waals surface area contributed by atoms with E-state index in [1.54, 1.807) is 22.7 Å². The predicted molar refractivity (Wildman–Crippen MR) is 79.8 cm³/mol. The SMILES string of the molecule is COC(=O)c1cccn2c(COc3ccccc3C)nnc12. The maximum Gasteiger partial charge on any atom is 0.341 e. The molecule has 0 spiro atoms. The summed E-state index contributed by atoms with van der Waals surface area (Å²) in [6, 6.07) is 11.2. The minimum atomic E-state index is -0.440. The van der Waals surface area contributed by atoms with Gasteiger partial charge in [0.2, 0.25) is 0 Å². The Balaban J connectivity index is 1.89. The standard InChI is InChI=1S/C16H15N3O3/c1-11-6-3-4-8-13(11)22-10-14-17-18-15-12(16(20)21-2)7-5-9-19(14)15/h3-9H,10H2,1-2H3. The summed E-state index contributed by atoms with van der Waals surface area (Å²) in [6.07, 6.45) is 1.79. The van der Waals surface area contributed by atoms with Crippen LogP contribution in [-0.2, 0) is 11.3 Å². The van der Waals surface area contributed by atoms with E-state index in [9.17, 15) is 4.79 Å². The van der Waals surface area contributed by atoms with Crippen LogP contribution in [-0.4, -0.2) is 27.7 Å². The molecule has 3 rings (SSSR count). The first-order valence-corrected chi connectivity index (χ1v) is 6.80. The van der Waals surface area contributed by atoms with Crippen LogP contribution < -0.4 is 4.74 Å². The smallest absolute Gasteiger partial charge is 0.341 e. The second-order valence-corrected chi connectivity index (χ2v) is 4.78. The van der Waals surface area contributed by atoms with E-state index in [1.807, 2.05) is 31.2 Å². The van der Waals surface area contributed by atoms with Crippen LogP contribution in [0.25, 0.3) is 5.65 Å². The largest absolute Gasteiger partial charge is 0.485 e. The molecule has 0 atom stereocenters. The molecule has 1 aromatic carbocycles. The number of carbonyl (C=O) groups is 1. The third-order valence-electron chi connectivity index (χ3n) is 3.36. The van der Waals surface area contributed by atoms with Crippen molar-refractivity contribution in [1.82, 2.24) is 14.6 Å². The molecule has 0 aliphatic heterocycles. The number of esters is 1. The highest BCUT2D eigenvalue weighted by Crippen LogP contribution is 2.18. The molecule has 0 aliphatic rings. The average molecular weight is 297 g/mol. The average Bonchev–Trinajstić information content (AvgIpc) is 2.96. The number of ether oxygens (including phenoxy) is 2. The minimum Gasteiger partial charge on any atom is -0.485 e. The maximum atomic E-state index is 11.7. The van der Waals surface area contributed by atoms with Crippen molar-refractivity contribution in [3.63, 3.8) is 0 Å². The fourth-order valence-electron chi connectivity index (χ4n) is 2.19. The van der Waals surface area contributed by atoms with Crippen molar-refractivity contribution in [3.05, 3.63) is 59.5 Å². The van der Waals surface area contributed by atoms with Gasteiger partial charge in [0.05, 0.1) is 7.11 Å². The molecule has 2 heterocycles. The fraction of sp³-hybridized carbons (Fsp3) is 0.188. The Labute approximate surface area is 127 Å². The van der Waals surface area contributed by atoms with Gasteiger partial charge in [-0.2, -0.15) is 0 Å². The molecule has 0 saturated carbocycles. The highest BCUT2D eigenvalue weighted by atomic mass is 16.5. The lowest BCUT2D eigenvalue weighted by Crippen LogP contribution is -2.06. The molecule has 0 fully saturated rings. The van der Waals surface area contributed by atoms with E-state index in [1.165, 1.54) is 7.11 Å². The lowest BCUT2D eigenvalue weighted by Gasteiger charge is -2.08. The van der Waals surface area contributed by atoms with Crippen molar-refractivity contribution in [2.75, 3.05) is 7.11 Å². The number of aryl methyl sites for hydroxylation is 1. The summed E-state index contributed by atoms with van der Waals surface area (Å²) in [7, 11) is 1.34. The zero-order chi connectivity index (χ0) is 15.5. The number of hydrogen-bond acceptors (Lipinski definition) is 5. The number of fused-ring (bicyclic) bond motifs is 1. The van der Waals surface area contributed by atoms with Crippen molar-refractivity contribution >= 4 is 11.6 Å². The molecule has 0 radical (unpaired) electrons. The first kappa shape index (κ1) is 14.1. The number of rotatable bonds is 4. The van der Waals surface area contributed by atoms with Gasteiger partial charge in [-0.1, -0.05) is 18.2 Å². The normalized spacial score (nSPS) is 10.6. The molecule has 3 aromatic rings. The Bertz CT molecular complexity index is 826. The Morgan fingerprint density at radius 1 is 1.18 bits per heavy atom. The number of para-hydroxylation sites is 1. The van der Waals surface area contributed by atoms with Gasteiger partial charge in [-0.05, 0) is 30.7 Å². The summed E-state index contributed by atoms with van der Waals surface area (Å²) in [6.45, 7) is 2.24. The van der Waals surface area contributed by atoms with E-state index in [0.717, 1.165) is 11.3 Å². The molecule has 22 heavy (non-hydrogen) atoms. The van der Waals surface area contributed by atoms with Crippen molar-refractivity contribution in [2.24, 2.45) is 0 Å². The number of methoxy groups -OCH3 is 1. The van der Waals surface area contributed by atoms with Crippen LogP contribution in [0.3, 0.4) is 0 Å². The monoisotopic (exact) mass is 297 g/mol. The van der Waals surface area contributed by atoms with Gasteiger partial charge in [0.15, 0.2) is 11.5 Å². The third-order valence-corrected chi connectivity index (χ3v) is 3.36. The maximum absolute atomic E-state index is 11.7. The molecule has 112 valence electrons. The first-order valence-electron chi connectivity index (χ1n) is 6.80. The van der Waals surface area contributed by atoms with Gasteiger partial charge in [-0.15, -0.1) is 10.2 Å². The molecule has 0 bridgehead atoms. The summed E-state index contributed by atoms with van der Waals surface area (Å²) in [4.78, 5) is 11.7. The summed E-state index contributed by atoms with van der Waals surface area (Å²) >= 11 is 0. The molecule has 0 aliphatic carbocycles. The van der Waals surface area contributed by atoms with Gasteiger partial charge in [-0.25, -0.2) is 4.79 Å². The van der Waals surface area contributed by atoms with Crippen molar-refractivity contribution in [2.45, 2.75) is 13.5 Å². The van der Waals surface area contributed by atoms with Crippen LogP contribution in [0.5, 0.6) is 5.75 Å². The quantitative estimate of drug-likeness (QED) is 0.692. The topological polar surface area (TPSA) is 65.7 Å². The summed E-state index contributed by atoms with van der Waals surface area (Å²) in [5.74, 6) is 0.969. The van der Waals surface area contributed by atoms with Gasteiger partial charge >= 0.3 is 5.97 Å². The Morgan fingerprint density at radius 2 is 2.00 bits per heavy atom. The molecule has 6 heteroatoms. The van der Waals surface area contributed by atoms with E-state index in [-0.39, 0.29) is 6.61 Å². The molecule has 2 aromatic heterocycles. The van der Waals surface area contributed by atoms with E-state index < -0.39 is 5.97 Å². The lowest BCUT2D eigenvalue weighted by atomic mass is 10.2. The zero-order valence-corrected chi connectivity index (χ0v) is 12.3. The van der Waals surface area contributed by atoms with Gasteiger partial charge in [0.25, 0.3) is 0 Å². The van der Waals surface area contributed by atoms with Crippen LogP contribution in [0.15, 0.2) is 42.6 Å². The molecular weight excluding hydrogens is 282 g/mol. The first-order chi connectivity index (χ1) is 10.7. The van der Waals surface area contributed by atoms with Crippen LogP contribution in [0, 0.1) is 6.92 Å². The lowest BCUT2D eigenvalue weighted by molar-refractivity contribution is 0.0602. The molecule has 0 amide bonds. The highest BCUT2D eigenvalue weighted by molar-refractivity contribution is 5.95. The molecule has 0 N–H and O–H groups in total. The van der Waals surface area contributed by atoms with E-state index in [4.69, 9.17) is 9.47 Å². The highest BCUT2D eigenvalue weighted by Gasteiger charge is 2.15. The Morgan fingerprint density at radius 3 is 2.77 bits per heavy atom. The molecule has 0 saturated heterocycles. The number of nitrogens with zero attached hydrogens (tertiary/aromatic N) is 3. The summed E-state index contributed by atoms with van der Waals surface area (Å²) in [5, 5.41) is 8.15. The van der Waals surface area contributed by atoms with Crippen molar-refractivity contribution in [1.29, 1.82) is 0 Å². The van der Waals surface area contributed by atoms with E-state index in [2.05, 4.69) is 10.2 Å². The van der Waals surface area contributed by atoms with Gasteiger partial charge in [0, 0.05) is 6.20 Å². The van der Waals surface area contributed by atoms with Crippen LogP contribution in [0.4, 0.5) is 0 Å². The number of hydrogen-bond donors (Lipinski definition) is 0. The van der Waals surface area contributed by atoms with Gasteiger partial charge in [-0.3, -0.25) is 4.40 Å². The van der Waals surface area contributed by atoms with Crippen LogP contribution in [0.1, 0.15) is 21.7 Å². The number of carbonyl (C=O) groups excluding carboxylic acids is 1. The second kappa shape index (κ2) is 5.85. The van der Waals surface area contributed by atoms with Crippen molar-refractivity contribution < 1.29 is 14.3 Å². The zero-order valence-electron chi connectivity index (χ0n) is 12.3. The number of pyridine rings is 1. The van der Waals surface area contributed by atoms with Crippen LogP contribution in [0.2, 0.25) is 0 Å². The Hall–Kier alpha value is -2.89. The summed E-state index contributed by atoms with van der Waals surface area (Å²) < 4.78 is 12.3. The number of benzene rings is 1. The predicted octanol–water partition coefficient (Wildman–Crippen LogP) is 2.40. The van der Waals surface area contributed by atoms with Crippen molar-refractivity contribution in [3.8, 4) is 5.75 Å². The van der Waals surface area contributed by atoms with Gasteiger partial charge < -0.3 is 9.47 Å².